The standard InChI is InChI=1S/C24H24FNOS/c1-26-16-15-21(18-5-3-2-4-6-18)23(26)24(27)22-14-13-20(28-22)12-9-17-7-10-19(25)11-8-17/h2-14,21,23-24,27H,15-16H2,1H3/t21-,23-,24?/m1/s1. The number of aliphatic hydroxyl groups is 1. The van der Waals surface area contributed by atoms with Gasteiger partial charge >= 0.3 is 0 Å². The lowest BCUT2D eigenvalue weighted by atomic mass is 9.88. The van der Waals surface area contributed by atoms with Crippen LogP contribution in [-0.4, -0.2) is 29.6 Å². The molecular weight excluding hydrogens is 369 g/mol. The second-order valence-electron chi connectivity index (χ2n) is 7.35. The van der Waals surface area contributed by atoms with Crippen molar-refractivity contribution in [3.8, 4) is 0 Å². The van der Waals surface area contributed by atoms with Crippen LogP contribution in [-0.2, 0) is 0 Å². The number of likely N-dealkylation sites (tertiary alicyclic amines) is 1. The summed E-state index contributed by atoms with van der Waals surface area (Å²) in [6, 6.07) is 21.1. The van der Waals surface area contributed by atoms with Gasteiger partial charge in [0.25, 0.3) is 0 Å². The summed E-state index contributed by atoms with van der Waals surface area (Å²) in [5.74, 6) is 0.105. The average molecular weight is 394 g/mol. The van der Waals surface area contributed by atoms with Gasteiger partial charge in [-0.2, -0.15) is 0 Å². The van der Waals surface area contributed by atoms with E-state index in [0.717, 1.165) is 28.3 Å². The highest BCUT2D eigenvalue weighted by Crippen LogP contribution is 2.41. The van der Waals surface area contributed by atoms with Crippen LogP contribution >= 0.6 is 11.3 Å². The third kappa shape index (κ3) is 4.09. The molecule has 3 atom stereocenters. The Morgan fingerprint density at radius 1 is 1.04 bits per heavy atom. The Labute approximate surface area is 169 Å². The first kappa shape index (κ1) is 19.1. The molecule has 1 fully saturated rings. The molecule has 28 heavy (non-hydrogen) atoms. The second-order valence-corrected chi connectivity index (χ2v) is 8.49. The van der Waals surface area contributed by atoms with E-state index in [1.807, 2.05) is 30.4 Å². The second kappa shape index (κ2) is 8.39. The molecule has 2 heterocycles. The molecule has 2 aromatic carbocycles. The quantitative estimate of drug-likeness (QED) is 0.612. The van der Waals surface area contributed by atoms with Crippen LogP contribution in [0.15, 0.2) is 66.7 Å². The molecule has 3 aromatic rings. The van der Waals surface area contributed by atoms with E-state index in [4.69, 9.17) is 0 Å². The number of likely N-dealkylation sites (N-methyl/N-ethyl adjacent to an activating group) is 1. The van der Waals surface area contributed by atoms with Gasteiger partial charge in [0.15, 0.2) is 0 Å². The summed E-state index contributed by atoms with van der Waals surface area (Å²) < 4.78 is 13.0. The number of hydrogen-bond donors (Lipinski definition) is 1. The van der Waals surface area contributed by atoms with Gasteiger partial charge in [-0.3, -0.25) is 4.90 Å². The van der Waals surface area contributed by atoms with Crippen molar-refractivity contribution in [3.05, 3.63) is 93.4 Å². The molecule has 2 nitrogen and oxygen atoms in total. The monoisotopic (exact) mass is 393 g/mol. The van der Waals surface area contributed by atoms with Crippen LogP contribution in [0.5, 0.6) is 0 Å². The van der Waals surface area contributed by atoms with Crippen LogP contribution in [0.4, 0.5) is 4.39 Å². The lowest BCUT2D eigenvalue weighted by molar-refractivity contribution is 0.0807. The maximum absolute atomic E-state index is 13.0. The normalized spacial score (nSPS) is 21.4. The van der Waals surface area contributed by atoms with Gasteiger partial charge < -0.3 is 5.11 Å². The Morgan fingerprint density at radius 3 is 2.54 bits per heavy atom. The average Bonchev–Trinajstić information content (AvgIpc) is 3.34. The number of hydrogen-bond acceptors (Lipinski definition) is 3. The van der Waals surface area contributed by atoms with Crippen molar-refractivity contribution in [2.24, 2.45) is 0 Å². The SMILES string of the molecule is CN1CC[C@H](c2ccccc2)[C@@H]1C(O)c1ccc(C=Cc2ccc(F)cc2)s1. The van der Waals surface area contributed by atoms with Gasteiger partial charge in [0.1, 0.15) is 11.9 Å². The molecule has 1 aliphatic rings. The van der Waals surface area contributed by atoms with E-state index in [1.54, 1.807) is 23.5 Å². The van der Waals surface area contributed by atoms with E-state index in [2.05, 4.69) is 36.2 Å². The zero-order chi connectivity index (χ0) is 19.5. The molecule has 0 amide bonds. The van der Waals surface area contributed by atoms with Crippen molar-refractivity contribution >= 4 is 23.5 Å². The molecule has 0 radical (unpaired) electrons. The maximum Gasteiger partial charge on any atom is 0.123 e. The minimum Gasteiger partial charge on any atom is -0.386 e. The van der Waals surface area contributed by atoms with Gasteiger partial charge in [-0.15, -0.1) is 11.3 Å². The summed E-state index contributed by atoms with van der Waals surface area (Å²) in [5.41, 5.74) is 2.25. The van der Waals surface area contributed by atoms with E-state index >= 15 is 0 Å². The van der Waals surface area contributed by atoms with Crippen LogP contribution in [0, 0.1) is 5.82 Å². The van der Waals surface area contributed by atoms with Crippen molar-refractivity contribution in [3.63, 3.8) is 0 Å². The Morgan fingerprint density at radius 2 is 1.79 bits per heavy atom. The van der Waals surface area contributed by atoms with Crippen molar-refractivity contribution in [1.82, 2.24) is 4.90 Å². The first-order chi connectivity index (χ1) is 13.6. The molecule has 0 bridgehead atoms. The zero-order valence-electron chi connectivity index (χ0n) is 15.8. The summed E-state index contributed by atoms with van der Waals surface area (Å²) in [4.78, 5) is 4.34. The van der Waals surface area contributed by atoms with Gasteiger partial charge in [-0.05, 0) is 61.5 Å². The van der Waals surface area contributed by atoms with E-state index in [0.29, 0.717) is 5.92 Å². The summed E-state index contributed by atoms with van der Waals surface area (Å²) in [7, 11) is 2.10. The van der Waals surface area contributed by atoms with Crippen molar-refractivity contribution < 1.29 is 9.50 Å². The molecule has 144 valence electrons. The first-order valence-electron chi connectivity index (χ1n) is 9.58. The number of halogens is 1. The predicted molar refractivity (Wildman–Crippen MR) is 115 cm³/mol. The summed E-state index contributed by atoms with van der Waals surface area (Å²) >= 11 is 1.61. The van der Waals surface area contributed by atoms with Gasteiger partial charge in [0.2, 0.25) is 0 Å². The largest absolute Gasteiger partial charge is 0.386 e. The zero-order valence-corrected chi connectivity index (χ0v) is 16.6. The maximum atomic E-state index is 13.0. The van der Waals surface area contributed by atoms with Crippen LogP contribution in [0.3, 0.4) is 0 Å². The first-order valence-corrected chi connectivity index (χ1v) is 10.4. The van der Waals surface area contributed by atoms with Gasteiger partial charge in [-0.1, -0.05) is 48.5 Å². The fourth-order valence-electron chi connectivity index (χ4n) is 4.03. The molecule has 1 saturated heterocycles. The Bertz CT molecular complexity index is 935. The van der Waals surface area contributed by atoms with Gasteiger partial charge in [-0.25, -0.2) is 4.39 Å². The Kier molecular flexibility index (Phi) is 5.72. The number of benzene rings is 2. The third-order valence-corrected chi connectivity index (χ3v) is 6.64. The molecule has 0 spiro atoms. The predicted octanol–water partition coefficient (Wildman–Crippen LogP) is 5.58. The fourth-order valence-corrected chi connectivity index (χ4v) is 4.97. The lowest BCUT2D eigenvalue weighted by Gasteiger charge is -2.29. The molecule has 4 heteroatoms. The fraction of sp³-hybridized carbons (Fsp3) is 0.250. The topological polar surface area (TPSA) is 23.5 Å². The van der Waals surface area contributed by atoms with Crippen LogP contribution in [0.1, 0.15) is 39.3 Å². The van der Waals surface area contributed by atoms with Crippen LogP contribution in [0.2, 0.25) is 0 Å². The molecule has 4 rings (SSSR count). The Hall–Kier alpha value is -2.27. The molecule has 1 N–H and O–H groups in total. The van der Waals surface area contributed by atoms with Gasteiger partial charge in [0, 0.05) is 21.7 Å². The van der Waals surface area contributed by atoms with Crippen LogP contribution in [0.25, 0.3) is 12.2 Å². The molecule has 1 aromatic heterocycles. The summed E-state index contributed by atoms with van der Waals surface area (Å²) in [6.45, 7) is 0.990. The molecular formula is C24H24FNOS. The van der Waals surface area contributed by atoms with E-state index in [1.165, 1.54) is 17.7 Å². The minimum absolute atomic E-state index is 0.0787. The molecule has 0 saturated carbocycles. The van der Waals surface area contributed by atoms with Crippen molar-refractivity contribution in [1.29, 1.82) is 0 Å². The number of rotatable bonds is 5. The lowest BCUT2D eigenvalue weighted by Crippen LogP contribution is -2.34. The Balaban J connectivity index is 1.51. The van der Waals surface area contributed by atoms with Crippen molar-refractivity contribution in [2.75, 3.05) is 13.6 Å². The van der Waals surface area contributed by atoms with Crippen molar-refractivity contribution in [2.45, 2.75) is 24.5 Å². The summed E-state index contributed by atoms with van der Waals surface area (Å²) in [5, 5.41) is 11.2. The number of nitrogens with zero attached hydrogens (tertiary/aromatic N) is 1. The van der Waals surface area contributed by atoms with E-state index in [-0.39, 0.29) is 11.9 Å². The molecule has 0 aliphatic carbocycles. The van der Waals surface area contributed by atoms with Crippen LogP contribution < -0.4 is 0 Å². The van der Waals surface area contributed by atoms with Gasteiger partial charge in [0.05, 0.1) is 0 Å². The van der Waals surface area contributed by atoms with E-state index in [9.17, 15) is 9.50 Å². The smallest absolute Gasteiger partial charge is 0.123 e. The molecule has 1 unspecified atom stereocenters. The minimum atomic E-state index is -0.518. The number of thiophene rings is 1. The van der Waals surface area contributed by atoms with E-state index < -0.39 is 6.10 Å². The molecule has 1 aliphatic heterocycles. The number of aliphatic hydroxyl groups excluding tert-OH is 1. The highest BCUT2D eigenvalue weighted by atomic mass is 32.1. The highest BCUT2D eigenvalue weighted by Gasteiger charge is 2.38. The highest BCUT2D eigenvalue weighted by molar-refractivity contribution is 7.13. The summed E-state index contributed by atoms with van der Waals surface area (Å²) in [6.07, 6.45) is 4.53. The third-order valence-electron chi connectivity index (χ3n) is 5.51.